The van der Waals surface area contributed by atoms with Crippen LogP contribution in [-0.4, -0.2) is 41.1 Å². The van der Waals surface area contributed by atoms with Gasteiger partial charge in [0.05, 0.1) is 11.1 Å². The minimum absolute atomic E-state index is 0.0174. The van der Waals surface area contributed by atoms with Crippen LogP contribution < -0.4 is 16.0 Å². The molecule has 1 atom stereocenters. The van der Waals surface area contributed by atoms with Crippen molar-refractivity contribution >= 4 is 35.3 Å². The second-order valence-electron chi connectivity index (χ2n) is 7.02. The largest absolute Gasteiger partial charge is 0.444 e. The lowest BCUT2D eigenvalue weighted by Gasteiger charge is -2.25. The highest BCUT2D eigenvalue weighted by Gasteiger charge is 2.23. The van der Waals surface area contributed by atoms with Crippen LogP contribution >= 0.6 is 11.6 Å². The van der Waals surface area contributed by atoms with E-state index < -0.39 is 29.6 Å². The average molecular weight is 385 g/mol. The maximum Gasteiger partial charge on any atom is 0.407 e. The molecule has 0 radical (unpaired) electrons. The monoisotopic (exact) mass is 384 g/mol. The van der Waals surface area contributed by atoms with Gasteiger partial charge in [-0.25, -0.2) is 9.78 Å². The van der Waals surface area contributed by atoms with Crippen LogP contribution in [0.25, 0.3) is 0 Å². The van der Waals surface area contributed by atoms with Crippen LogP contribution in [0.1, 0.15) is 34.6 Å². The van der Waals surface area contributed by atoms with Crippen molar-refractivity contribution in [3.63, 3.8) is 0 Å². The Balaban J connectivity index is 2.54. The van der Waals surface area contributed by atoms with Gasteiger partial charge in [-0.1, -0.05) is 25.4 Å². The van der Waals surface area contributed by atoms with E-state index in [0.717, 1.165) is 0 Å². The molecule has 0 aromatic carbocycles. The third-order valence-corrected chi connectivity index (χ3v) is 3.39. The highest BCUT2D eigenvalue weighted by Crippen LogP contribution is 2.10. The molecule has 0 aliphatic carbocycles. The van der Waals surface area contributed by atoms with Crippen molar-refractivity contribution in [1.82, 2.24) is 15.6 Å². The van der Waals surface area contributed by atoms with E-state index in [0.29, 0.717) is 5.02 Å². The summed E-state index contributed by atoms with van der Waals surface area (Å²) >= 11 is 5.71. The standard InChI is InChI=1S/C17H25ClN4O4/c1-10(2)12(21-16(25)26-17(3,4)5)9-20-14(23)15(24)22-13-7-6-11(18)8-19-13/h6-8,10,12H,9H2,1-5H3,(H,20,23)(H,21,25)(H,19,22,24)/t12-/m0/s1. The molecular formula is C17H25ClN4O4. The Morgan fingerprint density at radius 2 is 1.85 bits per heavy atom. The molecule has 8 nitrogen and oxygen atoms in total. The quantitative estimate of drug-likeness (QED) is 0.675. The number of aromatic nitrogens is 1. The molecule has 0 bridgehead atoms. The Labute approximate surface area is 158 Å². The maximum atomic E-state index is 11.9. The molecule has 144 valence electrons. The molecule has 26 heavy (non-hydrogen) atoms. The van der Waals surface area contributed by atoms with Crippen LogP contribution in [0.5, 0.6) is 0 Å². The molecular weight excluding hydrogens is 360 g/mol. The van der Waals surface area contributed by atoms with Gasteiger partial charge in [0.25, 0.3) is 0 Å². The van der Waals surface area contributed by atoms with E-state index in [1.54, 1.807) is 26.8 Å². The van der Waals surface area contributed by atoms with Crippen molar-refractivity contribution < 1.29 is 19.1 Å². The van der Waals surface area contributed by atoms with Crippen molar-refractivity contribution in [2.75, 3.05) is 11.9 Å². The number of pyridine rings is 1. The number of alkyl carbamates (subject to hydrolysis) is 1. The fraction of sp³-hybridized carbons (Fsp3) is 0.529. The summed E-state index contributed by atoms with van der Waals surface area (Å²) in [6, 6.07) is 2.63. The molecule has 1 aromatic rings. The summed E-state index contributed by atoms with van der Waals surface area (Å²) in [5.74, 6) is -1.47. The fourth-order valence-electron chi connectivity index (χ4n) is 1.82. The summed E-state index contributed by atoms with van der Waals surface area (Å²) in [6.45, 7) is 9.12. The normalized spacial score (nSPS) is 12.3. The van der Waals surface area contributed by atoms with Crippen molar-refractivity contribution in [3.05, 3.63) is 23.4 Å². The number of ether oxygens (including phenoxy) is 1. The smallest absolute Gasteiger partial charge is 0.407 e. The fourth-order valence-corrected chi connectivity index (χ4v) is 1.93. The number of hydrogen-bond donors (Lipinski definition) is 3. The number of nitrogens with zero attached hydrogens (tertiary/aromatic N) is 1. The zero-order valence-electron chi connectivity index (χ0n) is 15.6. The minimum Gasteiger partial charge on any atom is -0.444 e. The van der Waals surface area contributed by atoms with E-state index in [9.17, 15) is 14.4 Å². The van der Waals surface area contributed by atoms with E-state index in [4.69, 9.17) is 16.3 Å². The lowest BCUT2D eigenvalue weighted by molar-refractivity contribution is -0.136. The van der Waals surface area contributed by atoms with Gasteiger partial charge in [-0.2, -0.15) is 0 Å². The molecule has 0 aliphatic rings. The van der Waals surface area contributed by atoms with Gasteiger partial charge in [0, 0.05) is 12.7 Å². The molecule has 3 amide bonds. The van der Waals surface area contributed by atoms with Crippen molar-refractivity contribution in [2.45, 2.75) is 46.3 Å². The van der Waals surface area contributed by atoms with Crippen molar-refractivity contribution in [2.24, 2.45) is 5.92 Å². The third kappa shape index (κ3) is 8.15. The Kier molecular flexibility index (Phi) is 7.82. The molecule has 0 spiro atoms. The molecule has 9 heteroatoms. The lowest BCUT2D eigenvalue weighted by atomic mass is 10.0. The maximum absolute atomic E-state index is 11.9. The minimum atomic E-state index is -0.861. The molecule has 1 rings (SSSR count). The second kappa shape index (κ2) is 9.38. The Bertz CT molecular complexity index is 641. The Morgan fingerprint density at radius 3 is 2.35 bits per heavy atom. The molecule has 3 N–H and O–H groups in total. The highest BCUT2D eigenvalue weighted by molar-refractivity contribution is 6.39. The zero-order valence-corrected chi connectivity index (χ0v) is 16.3. The van der Waals surface area contributed by atoms with Gasteiger partial charge in [0.2, 0.25) is 0 Å². The van der Waals surface area contributed by atoms with Crippen LogP contribution in [0.3, 0.4) is 0 Å². The number of rotatable bonds is 5. The zero-order chi connectivity index (χ0) is 19.9. The van der Waals surface area contributed by atoms with Gasteiger partial charge < -0.3 is 20.7 Å². The number of carbonyl (C=O) groups excluding carboxylic acids is 3. The third-order valence-electron chi connectivity index (χ3n) is 3.16. The van der Waals surface area contributed by atoms with Gasteiger partial charge in [-0.05, 0) is 38.8 Å². The average Bonchev–Trinajstić information content (AvgIpc) is 2.51. The summed E-state index contributed by atoms with van der Waals surface area (Å²) in [7, 11) is 0. The summed E-state index contributed by atoms with van der Waals surface area (Å²) in [6.07, 6.45) is 0.773. The van der Waals surface area contributed by atoms with Crippen LogP contribution in [0.4, 0.5) is 10.6 Å². The van der Waals surface area contributed by atoms with E-state index in [1.807, 2.05) is 13.8 Å². The van der Waals surface area contributed by atoms with Gasteiger partial charge in [0.1, 0.15) is 11.4 Å². The van der Waals surface area contributed by atoms with Crippen molar-refractivity contribution in [3.8, 4) is 0 Å². The molecule has 0 saturated heterocycles. The molecule has 1 heterocycles. The SMILES string of the molecule is CC(C)[C@H](CNC(=O)C(=O)Nc1ccc(Cl)cn1)NC(=O)OC(C)(C)C. The number of nitrogens with one attached hydrogen (secondary N) is 3. The summed E-state index contributed by atoms with van der Waals surface area (Å²) < 4.78 is 5.20. The summed E-state index contributed by atoms with van der Waals surface area (Å²) in [5, 5.41) is 7.96. The first-order chi connectivity index (χ1) is 12.0. The molecule has 0 aliphatic heterocycles. The number of hydrogen-bond acceptors (Lipinski definition) is 5. The van der Waals surface area contributed by atoms with Gasteiger partial charge in [0.15, 0.2) is 0 Å². The first-order valence-corrected chi connectivity index (χ1v) is 8.56. The number of carbonyl (C=O) groups is 3. The highest BCUT2D eigenvalue weighted by atomic mass is 35.5. The predicted molar refractivity (Wildman–Crippen MR) is 98.9 cm³/mol. The van der Waals surface area contributed by atoms with Gasteiger partial charge >= 0.3 is 17.9 Å². The summed E-state index contributed by atoms with van der Waals surface area (Å²) in [5.41, 5.74) is -0.625. The number of amides is 3. The Morgan fingerprint density at radius 1 is 1.19 bits per heavy atom. The van der Waals surface area contributed by atoms with Crippen LogP contribution in [-0.2, 0) is 14.3 Å². The Hall–Kier alpha value is -2.35. The van der Waals surface area contributed by atoms with Crippen molar-refractivity contribution in [1.29, 1.82) is 0 Å². The predicted octanol–water partition coefficient (Wildman–Crippen LogP) is 2.34. The molecule has 1 aromatic heterocycles. The van der Waals surface area contributed by atoms with Crippen LogP contribution in [0.15, 0.2) is 18.3 Å². The topological polar surface area (TPSA) is 109 Å². The number of anilines is 1. The molecule has 0 fully saturated rings. The van der Waals surface area contributed by atoms with E-state index in [1.165, 1.54) is 12.3 Å². The van der Waals surface area contributed by atoms with E-state index in [2.05, 4.69) is 20.9 Å². The first kappa shape index (κ1) is 21.7. The summed E-state index contributed by atoms with van der Waals surface area (Å²) in [4.78, 5) is 39.6. The number of halogens is 1. The van der Waals surface area contributed by atoms with Gasteiger partial charge in [-0.15, -0.1) is 0 Å². The first-order valence-electron chi connectivity index (χ1n) is 8.18. The lowest BCUT2D eigenvalue weighted by Crippen LogP contribution is -2.49. The van der Waals surface area contributed by atoms with E-state index >= 15 is 0 Å². The molecule has 0 unspecified atom stereocenters. The van der Waals surface area contributed by atoms with Gasteiger partial charge in [-0.3, -0.25) is 9.59 Å². The van der Waals surface area contributed by atoms with Crippen LogP contribution in [0.2, 0.25) is 5.02 Å². The molecule has 0 saturated carbocycles. The van der Waals surface area contributed by atoms with E-state index in [-0.39, 0.29) is 18.3 Å². The van der Waals surface area contributed by atoms with Crippen LogP contribution in [0, 0.1) is 5.92 Å². The second-order valence-corrected chi connectivity index (χ2v) is 7.46.